The van der Waals surface area contributed by atoms with Crippen LogP contribution in [0, 0.1) is 0 Å². The van der Waals surface area contributed by atoms with Crippen molar-refractivity contribution in [2.75, 3.05) is 45.3 Å². The fourth-order valence-electron chi connectivity index (χ4n) is 4.28. The minimum atomic E-state index is 0.370. The number of hydrogen-bond donors (Lipinski definition) is 0. The van der Waals surface area contributed by atoms with E-state index < -0.39 is 0 Å². The summed E-state index contributed by atoms with van der Waals surface area (Å²) in [4.78, 5) is 14.6. The van der Waals surface area contributed by atoms with Gasteiger partial charge in [0.1, 0.15) is 5.52 Å². The predicted octanol–water partition coefficient (Wildman–Crippen LogP) is 4.54. The second-order valence-corrected chi connectivity index (χ2v) is 9.36. The van der Waals surface area contributed by atoms with Gasteiger partial charge in [-0.1, -0.05) is 0 Å². The molecule has 1 fully saturated rings. The summed E-state index contributed by atoms with van der Waals surface area (Å²) in [6, 6.07) is 4.89. The Kier molecular flexibility index (Phi) is 6.71. The summed E-state index contributed by atoms with van der Waals surface area (Å²) in [5.41, 5.74) is 4.82. The van der Waals surface area contributed by atoms with Gasteiger partial charge in [0.15, 0.2) is 5.82 Å². The van der Waals surface area contributed by atoms with Crippen LogP contribution in [0.25, 0.3) is 11.0 Å². The third kappa shape index (κ3) is 4.53. The number of ether oxygens (including phenoxy) is 1. The molecule has 162 valence electrons. The van der Waals surface area contributed by atoms with Gasteiger partial charge in [-0.2, -0.15) is 11.3 Å². The highest BCUT2D eigenvalue weighted by Crippen LogP contribution is 2.33. The van der Waals surface area contributed by atoms with Crippen molar-refractivity contribution < 1.29 is 4.74 Å². The first kappa shape index (κ1) is 21.3. The Labute approximate surface area is 183 Å². The Hall–Kier alpha value is -1.96. The molecule has 0 radical (unpaired) electrons. The van der Waals surface area contributed by atoms with Gasteiger partial charge in [-0.25, -0.2) is 9.97 Å². The van der Waals surface area contributed by atoms with E-state index in [0.29, 0.717) is 18.6 Å². The molecular formula is C23H33N5OS. The average Bonchev–Trinajstić information content (AvgIpc) is 3.41. The smallest absolute Gasteiger partial charge is 0.156 e. The fourth-order valence-corrected chi connectivity index (χ4v) is 4.94. The van der Waals surface area contributed by atoms with E-state index in [0.717, 1.165) is 50.4 Å². The lowest BCUT2D eigenvalue weighted by Gasteiger charge is -2.32. The van der Waals surface area contributed by atoms with Crippen LogP contribution in [0.15, 0.2) is 29.2 Å². The molecule has 7 heteroatoms. The van der Waals surface area contributed by atoms with Gasteiger partial charge in [0.05, 0.1) is 18.5 Å². The average molecular weight is 428 g/mol. The summed E-state index contributed by atoms with van der Waals surface area (Å²) in [6.45, 7) is 9.20. The minimum Gasteiger partial charge on any atom is -0.383 e. The molecule has 0 N–H and O–H groups in total. The maximum absolute atomic E-state index is 5.29. The first-order valence-electron chi connectivity index (χ1n) is 10.9. The molecule has 0 aromatic carbocycles. The first-order valence-corrected chi connectivity index (χ1v) is 11.8. The number of likely N-dealkylation sites (tertiary alicyclic amines) is 1. The molecule has 0 bridgehead atoms. The number of imidazole rings is 1. The van der Waals surface area contributed by atoms with Crippen molar-refractivity contribution in [3.8, 4) is 0 Å². The maximum Gasteiger partial charge on any atom is 0.156 e. The molecule has 4 rings (SSSR count). The molecule has 1 saturated heterocycles. The van der Waals surface area contributed by atoms with Crippen molar-refractivity contribution in [1.29, 1.82) is 0 Å². The van der Waals surface area contributed by atoms with E-state index in [2.05, 4.69) is 58.2 Å². The lowest BCUT2D eigenvalue weighted by molar-refractivity contribution is 0.203. The van der Waals surface area contributed by atoms with Crippen molar-refractivity contribution in [2.45, 2.75) is 45.2 Å². The number of aromatic nitrogens is 3. The number of nitrogens with zero attached hydrogens (tertiary/aromatic N) is 5. The number of pyridine rings is 1. The largest absolute Gasteiger partial charge is 0.383 e. The van der Waals surface area contributed by atoms with Crippen LogP contribution in [-0.2, 0) is 11.3 Å². The van der Waals surface area contributed by atoms with Crippen molar-refractivity contribution in [1.82, 2.24) is 19.4 Å². The van der Waals surface area contributed by atoms with E-state index >= 15 is 0 Å². The molecule has 0 spiro atoms. The molecule has 0 aliphatic carbocycles. The zero-order valence-corrected chi connectivity index (χ0v) is 19.4. The van der Waals surface area contributed by atoms with Crippen LogP contribution in [0.4, 0.5) is 5.82 Å². The molecule has 0 unspecified atom stereocenters. The molecule has 1 aliphatic heterocycles. The highest BCUT2D eigenvalue weighted by Gasteiger charge is 2.25. The van der Waals surface area contributed by atoms with Crippen molar-refractivity contribution in [3.05, 3.63) is 40.5 Å². The number of piperidine rings is 1. The SMILES string of the molecule is COCCN(C)c1nc(C2CCN(Cc3ccsc3)CC2)cc2c1ncn2C(C)C. The molecule has 0 amide bonds. The zero-order valence-electron chi connectivity index (χ0n) is 18.5. The topological polar surface area (TPSA) is 46.4 Å². The van der Waals surface area contributed by atoms with Crippen molar-refractivity contribution >= 4 is 28.2 Å². The molecule has 3 aromatic heterocycles. The van der Waals surface area contributed by atoms with E-state index in [1.807, 2.05) is 6.33 Å². The molecule has 4 heterocycles. The van der Waals surface area contributed by atoms with Gasteiger partial charge in [-0.15, -0.1) is 0 Å². The summed E-state index contributed by atoms with van der Waals surface area (Å²) in [5, 5.41) is 4.43. The molecule has 6 nitrogen and oxygen atoms in total. The predicted molar refractivity (Wildman–Crippen MR) is 125 cm³/mol. The monoisotopic (exact) mass is 427 g/mol. The number of fused-ring (bicyclic) bond motifs is 1. The lowest BCUT2D eigenvalue weighted by Crippen LogP contribution is -2.32. The summed E-state index contributed by atoms with van der Waals surface area (Å²) in [5.74, 6) is 1.47. The van der Waals surface area contributed by atoms with Crippen LogP contribution in [0.5, 0.6) is 0 Å². The summed E-state index contributed by atoms with van der Waals surface area (Å²) >= 11 is 1.78. The summed E-state index contributed by atoms with van der Waals surface area (Å²) in [6.07, 6.45) is 4.26. The van der Waals surface area contributed by atoms with Crippen LogP contribution >= 0.6 is 11.3 Å². The number of rotatable bonds is 8. The second kappa shape index (κ2) is 9.45. The highest BCUT2D eigenvalue weighted by atomic mass is 32.1. The Morgan fingerprint density at radius 3 is 2.77 bits per heavy atom. The molecular weight excluding hydrogens is 394 g/mol. The third-order valence-corrected chi connectivity index (χ3v) is 6.84. The Morgan fingerprint density at radius 1 is 1.30 bits per heavy atom. The molecule has 0 atom stereocenters. The van der Waals surface area contributed by atoms with Gasteiger partial charge in [0.2, 0.25) is 0 Å². The van der Waals surface area contributed by atoms with E-state index in [4.69, 9.17) is 14.7 Å². The van der Waals surface area contributed by atoms with Crippen LogP contribution < -0.4 is 4.90 Å². The third-order valence-electron chi connectivity index (χ3n) is 6.10. The van der Waals surface area contributed by atoms with Crippen LogP contribution in [0.2, 0.25) is 0 Å². The van der Waals surface area contributed by atoms with Gasteiger partial charge in [-0.3, -0.25) is 4.90 Å². The van der Waals surface area contributed by atoms with Gasteiger partial charge in [0, 0.05) is 44.9 Å². The van der Waals surface area contributed by atoms with Gasteiger partial charge >= 0.3 is 0 Å². The first-order chi connectivity index (χ1) is 14.6. The highest BCUT2D eigenvalue weighted by molar-refractivity contribution is 7.07. The number of thiophene rings is 1. The van der Waals surface area contributed by atoms with Gasteiger partial charge in [0.25, 0.3) is 0 Å². The zero-order chi connectivity index (χ0) is 21.1. The van der Waals surface area contributed by atoms with E-state index in [1.54, 1.807) is 18.4 Å². The van der Waals surface area contributed by atoms with Crippen LogP contribution in [-0.4, -0.2) is 59.8 Å². The standard InChI is InChI=1S/C23H33N5OS/c1-17(2)28-16-24-22-21(28)13-20(25-23(22)26(3)10-11-29-4)19-5-8-27(9-6-19)14-18-7-12-30-15-18/h7,12-13,15-17,19H,5-6,8-11,14H2,1-4H3. The van der Waals surface area contributed by atoms with E-state index in [1.165, 1.54) is 16.8 Å². The number of likely N-dealkylation sites (N-methyl/N-ethyl adjacent to an activating group) is 1. The normalized spacial score (nSPS) is 16.0. The molecule has 3 aromatic rings. The molecule has 0 saturated carbocycles. The Morgan fingerprint density at radius 2 is 2.10 bits per heavy atom. The van der Waals surface area contributed by atoms with Crippen molar-refractivity contribution in [2.24, 2.45) is 0 Å². The van der Waals surface area contributed by atoms with Crippen LogP contribution in [0.3, 0.4) is 0 Å². The number of anilines is 1. The summed E-state index contributed by atoms with van der Waals surface area (Å²) < 4.78 is 7.55. The minimum absolute atomic E-state index is 0.370. The van der Waals surface area contributed by atoms with Gasteiger partial charge in [-0.05, 0) is 68.2 Å². The quantitative estimate of drug-likeness (QED) is 0.528. The Bertz CT molecular complexity index is 944. The van der Waals surface area contributed by atoms with E-state index in [9.17, 15) is 0 Å². The van der Waals surface area contributed by atoms with Gasteiger partial charge < -0.3 is 14.2 Å². The second-order valence-electron chi connectivity index (χ2n) is 8.58. The lowest BCUT2D eigenvalue weighted by atomic mass is 9.92. The van der Waals surface area contributed by atoms with Crippen LogP contribution in [0.1, 0.15) is 49.9 Å². The fraction of sp³-hybridized carbons (Fsp3) is 0.565. The van der Waals surface area contributed by atoms with E-state index in [-0.39, 0.29) is 0 Å². The molecule has 30 heavy (non-hydrogen) atoms. The number of hydrogen-bond acceptors (Lipinski definition) is 6. The maximum atomic E-state index is 5.29. The molecule has 1 aliphatic rings. The number of methoxy groups -OCH3 is 1. The summed E-state index contributed by atoms with van der Waals surface area (Å²) in [7, 11) is 3.83. The van der Waals surface area contributed by atoms with Crippen molar-refractivity contribution in [3.63, 3.8) is 0 Å². The Balaban J connectivity index is 1.58.